The first-order valence-corrected chi connectivity index (χ1v) is 5.96. The van der Waals surface area contributed by atoms with Gasteiger partial charge in [0.2, 0.25) is 0 Å². The molecule has 0 bridgehead atoms. The summed E-state index contributed by atoms with van der Waals surface area (Å²) in [7, 11) is 3.30. The van der Waals surface area contributed by atoms with Gasteiger partial charge in [0, 0.05) is 16.9 Å². The summed E-state index contributed by atoms with van der Waals surface area (Å²) in [6.07, 6.45) is 1.16. The van der Waals surface area contributed by atoms with Crippen LogP contribution in [0.1, 0.15) is 24.4 Å². The maximum atomic E-state index is 11.1. The van der Waals surface area contributed by atoms with Gasteiger partial charge >= 0.3 is 5.97 Å². The highest BCUT2D eigenvalue weighted by atomic mass is 79.9. The van der Waals surface area contributed by atoms with Crippen LogP contribution in [0.15, 0.2) is 28.7 Å². The molecule has 88 valence electrons. The summed E-state index contributed by atoms with van der Waals surface area (Å²) in [5.41, 5.74) is 1.17. The van der Waals surface area contributed by atoms with E-state index in [4.69, 9.17) is 0 Å². The van der Waals surface area contributed by atoms with Crippen molar-refractivity contribution in [3.05, 3.63) is 34.3 Å². The predicted octanol–water partition coefficient (Wildman–Crippen LogP) is 2.66. The molecule has 0 aliphatic rings. The monoisotopic (exact) mass is 285 g/mol. The molecule has 0 saturated heterocycles. The van der Waals surface area contributed by atoms with Crippen LogP contribution in [0.4, 0.5) is 0 Å². The molecule has 0 heterocycles. The second-order valence-corrected chi connectivity index (χ2v) is 4.43. The number of ether oxygens (including phenoxy) is 1. The average molecular weight is 286 g/mol. The van der Waals surface area contributed by atoms with Crippen molar-refractivity contribution in [2.24, 2.45) is 0 Å². The molecule has 0 aliphatic heterocycles. The molecule has 1 N–H and O–H groups in total. The summed E-state index contributed by atoms with van der Waals surface area (Å²) >= 11 is 3.43. The fourth-order valence-electron chi connectivity index (χ4n) is 1.57. The molecule has 0 radical (unpaired) electrons. The number of rotatable bonds is 5. The third-order valence-electron chi connectivity index (χ3n) is 2.46. The molecule has 1 rings (SSSR count). The maximum Gasteiger partial charge on any atom is 0.305 e. The Bertz CT molecular complexity index is 355. The van der Waals surface area contributed by atoms with Gasteiger partial charge in [-0.3, -0.25) is 4.79 Å². The van der Waals surface area contributed by atoms with Crippen molar-refractivity contribution < 1.29 is 9.53 Å². The van der Waals surface area contributed by atoms with Gasteiger partial charge in [-0.15, -0.1) is 0 Å². The number of carbonyl (C=O) groups is 1. The van der Waals surface area contributed by atoms with E-state index in [9.17, 15) is 4.79 Å². The van der Waals surface area contributed by atoms with Gasteiger partial charge < -0.3 is 10.1 Å². The van der Waals surface area contributed by atoms with Crippen LogP contribution < -0.4 is 5.32 Å². The standard InChI is InChI=1S/C12H16BrNO2/c1-14-11(6-7-12(15)16-2)9-4-3-5-10(13)8-9/h3-5,8,11,14H,6-7H2,1-2H3. The van der Waals surface area contributed by atoms with Crippen LogP contribution in [0, 0.1) is 0 Å². The Balaban J connectivity index is 2.64. The molecular weight excluding hydrogens is 270 g/mol. The van der Waals surface area contributed by atoms with E-state index in [0.717, 1.165) is 10.9 Å². The van der Waals surface area contributed by atoms with Crippen LogP contribution in [-0.4, -0.2) is 20.1 Å². The summed E-state index contributed by atoms with van der Waals surface area (Å²) in [4.78, 5) is 11.1. The van der Waals surface area contributed by atoms with E-state index < -0.39 is 0 Å². The van der Waals surface area contributed by atoms with Crippen molar-refractivity contribution in [1.82, 2.24) is 5.32 Å². The largest absolute Gasteiger partial charge is 0.469 e. The van der Waals surface area contributed by atoms with Crippen LogP contribution in [0.5, 0.6) is 0 Å². The van der Waals surface area contributed by atoms with E-state index >= 15 is 0 Å². The van der Waals surface area contributed by atoms with Crippen molar-refractivity contribution >= 4 is 21.9 Å². The SMILES string of the molecule is CNC(CCC(=O)OC)c1cccc(Br)c1. The van der Waals surface area contributed by atoms with Crippen molar-refractivity contribution in [3.8, 4) is 0 Å². The number of hydrogen-bond acceptors (Lipinski definition) is 3. The zero-order chi connectivity index (χ0) is 12.0. The molecule has 0 fully saturated rings. The van der Waals surface area contributed by atoms with Crippen molar-refractivity contribution in [2.75, 3.05) is 14.2 Å². The smallest absolute Gasteiger partial charge is 0.305 e. The second kappa shape index (κ2) is 6.66. The number of benzene rings is 1. The van der Waals surface area contributed by atoms with Crippen LogP contribution in [0.2, 0.25) is 0 Å². The minimum Gasteiger partial charge on any atom is -0.469 e. The number of nitrogens with one attached hydrogen (secondary N) is 1. The minimum absolute atomic E-state index is 0.171. The Hall–Kier alpha value is -0.870. The van der Waals surface area contributed by atoms with E-state index in [-0.39, 0.29) is 12.0 Å². The molecule has 1 atom stereocenters. The summed E-state index contributed by atoms with van der Waals surface area (Å²) < 4.78 is 5.67. The van der Waals surface area contributed by atoms with Crippen LogP contribution >= 0.6 is 15.9 Å². The Kier molecular flexibility index (Phi) is 5.49. The molecule has 0 saturated carbocycles. The first kappa shape index (κ1) is 13.2. The summed E-state index contributed by atoms with van der Waals surface area (Å²) in [6.45, 7) is 0. The zero-order valence-electron chi connectivity index (χ0n) is 9.50. The lowest BCUT2D eigenvalue weighted by Gasteiger charge is -2.16. The molecule has 4 heteroatoms. The minimum atomic E-state index is -0.171. The van der Waals surface area contributed by atoms with Gasteiger partial charge in [0.1, 0.15) is 0 Å². The molecule has 3 nitrogen and oxygen atoms in total. The third-order valence-corrected chi connectivity index (χ3v) is 2.96. The van der Waals surface area contributed by atoms with E-state index in [0.29, 0.717) is 6.42 Å². The Morgan fingerprint density at radius 3 is 2.88 bits per heavy atom. The van der Waals surface area contributed by atoms with Crippen LogP contribution in [0.25, 0.3) is 0 Å². The number of carbonyl (C=O) groups excluding carboxylic acids is 1. The lowest BCUT2D eigenvalue weighted by molar-refractivity contribution is -0.140. The number of esters is 1. The molecule has 1 aromatic rings. The Morgan fingerprint density at radius 1 is 1.56 bits per heavy atom. The van der Waals surface area contributed by atoms with Crippen molar-refractivity contribution in [1.29, 1.82) is 0 Å². The highest BCUT2D eigenvalue weighted by molar-refractivity contribution is 9.10. The van der Waals surface area contributed by atoms with E-state index in [1.807, 2.05) is 25.2 Å². The Morgan fingerprint density at radius 2 is 2.31 bits per heavy atom. The van der Waals surface area contributed by atoms with Crippen LogP contribution in [0.3, 0.4) is 0 Å². The van der Waals surface area contributed by atoms with Crippen molar-refractivity contribution in [3.63, 3.8) is 0 Å². The molecular formula is C12H16BrNO2. The van der Waals surface area contributed by atoms with Gasteiger partial charge in [0.25, 0.3) is 0 Å². The highest BCUT2D eigenvalue weighted by Crippen LogP contribution is 2.21. The number of halogens is 1. The summed E-state index contributed by atoms with van der Waals surface area (Å²) in [5, 5.41) is 3.20. The van der Waals surface area contributed by atoms with Gasteiger partial charge in [-0.25, -0.2) is 0 Å². The molecule has 1 aromatic carbocycles. The van der Waals surface area contributed by atoms with Gasteiger partial charge in [0.15, 0.2) is 0 Å². The van der Waals surface area contributed by atoms with E-state index in [1.54, 1.807) is 0 Å². The zero-order valence-corrected chi connectivity index (χ0v) is 11.1. The molecule has 1 unspecified atom stereocenters. The molecule has 0 aliphatic carbocycles. The maximum absolute atomic E-state index is 11.1. The van der Waals surface area contributed by atoms with Gasteiger partial charge in [0.05, 0.1) is 7.11 Å². The second-order valence-electron chi connectivity index (χ2n) is 3.51. The molecule has 16 heavy (non-hydrogen) atoms. The fraction of sp³-hybridized carbons (Fsp3) is 0.417. The molecule has 0 spiro atoms. The van der Waals surface area contributed by atoms with Crippen molar-refractivity contribution in [2.45, 2.75) is 18.9 Å². The lowest BCUT2D eigenvalue weighted by atomic mass is 10.0. The molecule has 0 amide bonds. The first-order chi connectivity index (χ1) is 7.67. The summed E-state index contributed by atoms with van der Waals surface area (Å²) in [5.74, 6) is -0.171. The first-order valence-electron chi connectivity index (χ1n) is 5.17. The fourth-order valence-corrected chi connectivity index (χ4v) is 1.98. The summed E-state index contributed by atoms with van der Waals surface area (Å²) in [6, 6.07) is 8.25. The normalized spacial score (nSPS) is 12.2. The lowest BCUT2D eigenvalue weighted by Crippen LogP contribution is -2.17. The average Bonchev–Trinajstić information content (AvgIpc) is 2.29. The number of methoxy groups -OCH3 is 1. The van der Waals surface area contributed by atoms with E-state index in [2.05, 4.69) is 32.0 Å². The third kappa shape index (κ3) is 3.94. The van der Waals surface area contributed by atoms with Gasteiger partial charge in [-0.2, -0.15) is 0 Å². The highest BCUT2D eigenvalue weighted by Gasteiger charge is 2.11. The van der Waals surface area contributed by atoms with E-state index in [1.165, 1.54) is 12.7 Å². The Labute approximate surface area is 104 Å². The topological polar surface area (TPSA) is 38.3 Å². The van der Waals surface area contributed by atoms with Crippen LogP contribution in [-0.2, 0) is 9.53 Å². The van der Waals surface area contributed by atoms with Gasteiger partial charge in [-0.05, 0) is 31.2 Å². The molecule has 0 aromatic heterocycles. The number of hydrogen-bond donors (Lipinski definition) is 1. The van der Waals surface area contributed by atoms with Gasteiger partial charge in [-0.1, -0.05) is 28.1 Å². The predicted molar refractivity (Wildman–Crippen MR) is 67.2 cm³/mol. The quantitative estimate of drug-likeness (QED) is 0.846.